The summed E-state index contributed by atoms with van der Waals surface area (Å²) in [6.45, 7) is 2.08. The zero-order valence-corrected chi connectivity index (χ0v) is 16.8. The summed E-state index contributed by atoms with van der Waals surface area (Å²) in [5, 5.41) is 0. The zero-order valence-electron chi connectivity index (χ0n) is 16.8. The van der Waals surface area contributed by atoms with E-state index in [1.807, 2.05) is 24.4 Å². The highest BCUT2D eigenvalue weighted by atomic mass is 16.6. The van der Waals surface area contributed by atoms with E-state index < -0.39 is 0 Å². The minimum absolute atomic E-state index is 0.100. The first-order valence-electron chi connectivity index (χ1n) is 9.69. The van der Waals surface area contributed by atoms with E-state index in [0.717, 1.165) is 29.2 Å². The standard InChI is InChI=1S/C22H21N5O3/c1-29-21-18-9-8-17(28)12-19(18)27(30-2)22(24-21)25-10-11-26-16(14-25)13-23-20(26)15-6-4-3-5-7-15/h3-9,12-13H,10-11,14H2,1-2H3. The molecule has 3 heterocycles. The lowest BCUT2D eigenvalue weighted by Gasteiger charge is -2.32. The van der Waals surface area contributed by atoms with Crippen molar-refractivity contribution >= 4 is 5.95 Å². The van der Waals surface area contributed by atoms with Gasteiger partial charge in [-0.05, 0) is 12.1 Å². The molecule has 1 aliphatic carbocycles. The molecule has 0 radical (unpaired) electrons. The van der Waals surface area contributed by atoms with Crippen molar-refractivity contribution in [2.75, 3.05) is 25.7 Å². The summed E-state index contributed by atoms with van der Waals surface area (Å²) in [5.74, 6) is 2.00. The lowest BCUT2D eigenvalue weighted by molar-refractivity contribution is 0.166. The highest BCUT2D eigenvalue weighted by Gasteiger charge is 2.27. The molecule has 2 aliphatic heterocycles. The van der Waals surface area contributed by atoms with Gasteiger partial charge < -0.3 is 19.0 Å². The number of benzene rings is 2. The fourth-order valence-corrected chi connectivity index (χ4v) is 3.97. The normalized spacial score (nSPS) is 13.3. The van der Waals surface area contributed by atoms with E-state index in [-0.39, 0.29) is 5.43 Å². The third kappa shape index (κ3) is 2.88. The largest absolute Gasteiger partial charge is 0.480 e. The van der Waals surface area contributed by atoms with E-state index in [2.05, 4.69) is 26.6 Å². The highest BCUT2D eigenvalue weighted by Crippen LogP contribution is 2.34. The zero-order chi connectivity index (χ0) is 20.7. The van der Waals surface area contributed by atoms with Crippen molar-refractivity contribution < 1.29 is 9.57 Å². The van der Waals surface area contributed by atoms with E-state index in [4.69, 9.17) is 14.6 Å². The number of ether oxygens (including phenoxy) is 1. The average Bonchev–Trinajstić information content (AvgIpc) is 3.21. The number of hydrogen-bond donors (Lipinski definition) is 0. The number of anilines is 1. The number of rotatable bonds is 4. The Hall–Kier alpha value is -3.81. The Balaban J connectivity index is 1.57. The number of imidazole rings is 1. The number of hydrogen-bond acceptors (Lipinski definition) is 6. The molecule has 152 valence electrons. The summed E-state index contributed by atoms with van der Waals surface area (Å²) in [5.41, 5.74) is 3.42. The van der Waals surface area contributed by atoms with Crippen LogP contribution in [0.3, 0.4) is 0 Å². The average molecular weight is 403 g/mol. The third-order valence-electron chi connectivity index (χ3n) is 5.38. The lowest BCUT2D eigenvalue weighted by atomic mass is 10.1. The summed E-state index contributed by atoms with van der Waals surface area (Å²) < 4.78 is 9.32. The van der Waals surface area contributed by atoms with Gasteiger partial charge in [-0.3, -0.25) is 4.79 Å². The van der Waals surface area contributed by atoms with Crippen molar-refractivity contribution in [1.29, 1.82) is 0 Å². The van der Waals surface area contributed by atoms with Gasteiger partial charge in [0.05, 0.1) is 31.1 Å². The van der Waals surface area contributed by atoms with Gasteiger partial charge in [0.15, 0.2) is 5.43 Å². The molecule has 2 aromatic rings. The Kier molecular flexibility index (Phi) is 4.39. The van der Waals surface area contributed by atoms with Crippen LogP contribution in [0.5, 0.6) is 5.88 Å². The Labute approximate surface area is 173 Å². The maximum atomic E-state index is 12.0. The lowest BCUT2D eigenvalue weighted by Crippen LogP contribution is -2.37. The summed E-state index contributed by atoms with van der Waals surface area (Å²) in [7, 11) is 3.14. The quantitative estimate of drug-likeness (QED) is 0.521. The maximum absolute atomic E-state index is 12.0. The minimum atomic E-state index is -0.100. The van der Waals surface area contributed by atoms with Crippen LogP contribution in [-0.4, -0.2) is 40.0 Å². The van der Waals surface area contributed by atoms with E-state index >= 15 is 0 Å². The Morgan fingerprint density at radius 2 is 1.87 bits per heavy atom. The second-order valence-corrected chi connectivity index (χ2v) is 7.09. The first-order chi connectivity index (χ1) is 14.7. The van der Waals surface area contributed by atoms with E-state index in [1.165, 1.54) is 12.1 Å². The number of methoxy groups -OCH3 is 1. The van der Waals surface area contributed by atoms with Crippen molar-refractivity contribution in [2.24, 2.45) is 0 Å². The first-order valence-corrected chi connectivity index (χ1v) is 9.69. The summed E-state index contributed by atoms with van der Waals surface area (Å²) in [4.78, 5) is 29.1. The van der Waals surface area contributed by atoms with E-state index in [0.29, 0.717) is 30.6 Å². The minimum Gasteiger partial charge on any atom is -0.480 e. The summed E-state index contributed by atoms with van der Waals surface area (Å²) >= 11 is 0. The van der Waals surface area contributed by atoms with Crippen LogP contribution >= 0.6 is 0 Å². The summed E-state index contributed by atoms with van der Waals surface area (Å²) in [6, 6.07) is 14.9. The molecule has 1 aromatic carbocycles. The van der Waals surface area contributed by atoms with Crippen molar-refractivity contribution in [3.8, 4) is 28.5 Å². The van der Waals surface area contributed by atoms with Crippen LogP contribution in [0.15, 0.2) is 59.5 Å². The molecule has 0 saturated carbocycles. The number of aromatic nitrogens is 4. The van der Waals surface area contributed by atoms with Crippen LogP contribution in [0.4, 0.5) is 5.95 Å². The second-order valence-electron chi connectivity index (χ2n) is 7.09. The predicted molar refractivity (Wildman–Crippen MR) is 113 cm³/mol. The molecule has 3 aliphatic rings. The fourth-order valence-electron chi connectivity index (χ4n) is 3.97. The van der Waals surface area contributed by atoms with Gasteiger partial charge in [-0.25, -0.2) is 4.98 Å². The molecule has 0 saturated heterocycles. The van der Waals surface area contributed by atoms with Crippen LogP contribution in [0.25, 0.3) is 22.6 Å². The van der Waals surface area contributed by atoms with Gasteiger partial charge >= 0.3 is 0 Å². The fraction of sp³-hybridized carbons (Fsp3) is 0.227. The van der Waals surface area contributed by atoms with Gasteiger partial charge in [-0.1, -0.05) is 30.3 Å². The molecule has 8 heteroatoms. The van der Waals surface area contributed by atoms with Gasteiger partial charge in [-0.2, -0.15) is 4.98 Å². The molecule has 0 atom stereocenters. The molecule has 30 heavy (non-hydrogen) atoms. The van der Waals surface area contributed by atoms with Gasteiger partial charge in [-0.15, -0.1) is 4.73 Å². The summed E-state index contributed by atoms with van der Waals surface area (Å²) in [6.07, 6.45) is 1.90. The van der Waals surface area contributed by atoms with E-state index in [9.17, 15) is 4.79 Å². The molecular formula is C22H21N5O3. The monoisotopic (exact) mass is 403 g/mol. The van der Waals surface area contributed by atoms with Crippen LogP contribution in [0, 0.1) is 0 Å². The molecule has 5 rings (SSSR count). The van der Waals surface area contributed by atoms with Crippen molar-refractivity contribution in [3.63, 3.8) is 0 Å². The van der Waals surface area contributed by atoms with Gasteiger partial charge in [0, 0.05) is 24.7 Å². The van der Waals surface area contributed by atoms with Gasteiger partial charge in [0.2, 0.25) is 11.8 Å². The number of nitrogens with zero attached hydrogens (tertiary/aromatic N) is 5. The topological polar surface area (TPSA) is 74.4 Å². The molecule has 0 N–H and O–H groups in total. The SMILES string of the molecule is COc1nc(N2CCn3c(cnc3-c3ccccc3)C2)n(OC)c2cc(=O)ccc1-2. The van der Waals surface area contributed by atoms with Crippen molar-refractivity contribution in [3.05, 3.63) is 70.6 Å². The molecule has 0 fully saturated rings. The second kappa shape index (κ2) is 7.22. The molecule has 0 amide bonds. The van der Waals surface area contributed by atoms with Crippen LogP contribution in [-0.2, 0) is 13.1 Å². The van der Waals surface area contributed by atoms with Gasteiger partial charge in [0.25, 0.3) is 0 Å². The van der Waals surface area contributed by atoms with Gasteiger partial charge in [0.1, 0.15) is 18.6 Å². The van der Waals surface area contributed by atoms with E-state index in [1.54, 1.807) is 25.0 Å². The van der Waals surface area contributed by atoms with Crippen LogP contribution in [0.1, 0.15) is 5.69 Å². The Bertz CT molecular complexity index is 1230. The molecule has 1 aromatic heterocycles. The number of fused-ring (bicyclic) bond motifs is 2. The molecule has 8 nitrogen and oxygen atoms in total. The molecule has 0 unspecified atom stereocenters. The smallest absolute Gasteiger partial charge is 0.243 e. The maximum Gasteiger partial charge on any atom is 0.243 e. The highest BCUT2D eigenvalue weighted by molar-refractivity contribution is 5.69. The predicted octanol–water partition coefficient (Wildman–Crippen LogP) is 2.30. The van der Waals surface area contributed by atoms with Crippen molar-refractivity contribution in [1.82, 2.24) is 19.3 Å². The Morgan fingerprint density at radius 1 is 1.03 bits per heavy atom. The van der Waals surface area contributed by atoms with Crippen LogP contribution < -0.4 is 19.9 Å². The van der Waals surface area contributed by atoms with Crippen molar-refractivity contribution in [2.45, 2.75) is 13.1 Å². The van der Waals surface area contributed by atoms with Crippen LogP contribution in [0.2, 0.25) is 0 Å². The first kappa shape index (κ1) is 18.2. The third-order valence-corrected chi connectivity index (χ3v) is 5.38. The molecular weight excluding hydrogens is 382 g/mol. The molecule has 0 bridgehead atoms. The Morgan fingerprint density at radius 3 is 2.63 bits per heavy atom. The molecule has 0 spiro atoms.